The Kier molecular flexibility index (Phi) is 9.68. The highest BCUT2D eigenvalue weighted by Crippen LogP contribution is 2.42. The number of likely N-dealkylation sites (tertiary alicyclic amines) is 1. The third kappa shape index (κ3) is 6.38. The van der Waals surface area contributed by atoms with E-state index in [9.17, 15) is 14.7 Å². The van der Waals surface area contributed by atoms with Gasteiger partial charge in [-0.1, -0.05) is 50.2 Å². The van der Waals surface area contributed by atoms with Crippen molar-refractivity contribution in [2.45, 2.75) is 33.4 Å². The summed E-state index contributed by atoms with van der Waals surface area (Å²) in [5, 5.41) is 11.6. The van der Waals surface area contributed by atoms with Crippen molar-refractivity contribution in [3.05, 3.63) is 94.6 Å². The van der Waals surface area contributed by atoms with E-state index >= 15 is 0 Å². The number of amides is 1. The number of Topliss-reactive ketones (excluding diaryl/α,β-unsaturated/α-hetero) is 1. The van der Waals surface area contributed by atoms with Crippen molar-refractivity contribution in [1.82, 2.24) is 9.80 Å². The van der Waals surface area contributed by atoms with Crippen LogP contribution >= 0.6 is 0 Å². The highest BCUT2D eigenvalue weighted by Gasteiger charge is 2.46. The molecular weight excluding hydrogens is 520 g/mol. The van der Waals surface area contributed by atoms with Crippen molar-refractivity contribution >= 4 is 17.4 Å². The van der Waals surface area contributed by atoms with Crippen LogP contribution in [-0.2, 0) is 16.2 Å². The third-order valence-electron chi connectivity index (χ3n) is 7.50. The molecule has 0 radical (unpaired) electrons. The Morgan fingerprint density at radius 2 is 1.59 bits per heavy atom. The fourth-order valence-electron chi connectivity index (χ4n) is 5.12. The van der Waals surface area contributed by atoms with Crippen LogP contribution in [0.1, 0.15) is 42.1 Å². The van der Waals surface area contributed by atoms with Gasteiger partial charge < -0.3 is 29.1 Å². The summed E-state index contributed by atoms with van der Waals surface area (Å²) < 4.78 is 16.9. The predicted octanol–water partition coefficient (Wildman–Crippen LogP) is 5.35. The second kappa shape index (κ2) is 13.4. The van der Waals surface area contributed by atoms with Gasteiger partial charge in [-0.15, -0.1) is 0 Å². The third-order valence-corrected chi connectivity index (χ3v) is 7.50. The van der Waals surface area contributed by atoms with Crippen molar-refractivity contribution in [2.24, 2.45) is 0 Å². The quantitative estimate of drug-likeness (QED) is 0.182. The first kappa shape index (κ1) is 29.7. The van der Waals surface area contributed by atoms with Crippen LogP contribution in [0.25, 0.3) is 5.76 Å². The number of hydrogen-bond acceptors (Lipinski definition) is 7. The molecule has 0 bridgehead atoms. The molecule has 1 fully saturated rings. The number of aryl methyl sites for hydroxylation is 1. The monoisotopic (exact) mass is 558 g/mol. The topological polar surface area (TPSA) is 88.5 Å². The van der Waals surface area contributed by atoms with Crippen LogP contribution in [0.4, 0.5) is 0 Å². The average molecular weight is 559 g/mol. The Morgan fingerprint density at radius 1 is 0.902 bits per heavy atom. The first-order chi connectivity index (χ1) is 19.8. The van der Waals surface area contributed by atoms with E-state index in [0.717, 1.165) is 24.2 Å². The number of benzene rings is 3. The Balaban J connectivity index is 1.73. The Morgan fingerprint density at radius 3 is 2.22 bits per heavy atom. The SMILES string of the molecule is CCN(CC)CCN1C(=O)C(=O)C(=C(O)c2ccc(OCc3ccccc3)c(C)c2)[C@@H]1c1ccc(OC)c(OC)c1. The summed E-state index contributed by atoms with van der Waals surface area (Å²) in [5.74, 6) is 0.0720. The van der Waals surface area contributed by atoms with Crippen LogP contribution in [0.3, 0.4) is 0 Å². The summed E-state index contributed by atoms with van der Waals surface area (Å²) >= 11 is 0. The Labute approximate surface area is 241 Å². The van der Waals surface area contributed by atoms with Crippen LogP contribution in [0, 0.1) is 6.92 Å². The number of nitrogens with zero attached hydrogens (tertiary/aromatic N) is 2. The molecule has 1 heterocycles. The number of rotatable bonds is 12. The standard InChI is InChI=1S/C33H38N2O6/c1-6-34(7-2)17-18-35-30(24-13-16-27(39-4)28(20-24)40-5)29(32(37)33(35)38)31(36)25-14-15-26(22(3)19-25)41-21-23-11-9-8-10-12-23/h8-16,19-20,30,36H,6-7,17-18,21H2,1-5H3/t30-/m0/s1. The molecule has 1 saturated heterocycles. The Bertz CT molecular complexity index is 1410. The van der Waals surface area contributed by atoms with E-state index in [0.29, 0.717) is 48.1 Å². The van der Waals surface area contributed by atoms with Crippen LogP contribution in [0.5, 0.6) is 17.2 Å². The smallest absolute Gasteiger partial charge is 0.295 e. The van der Waals surface area contributed by atoms with Gasteiger partial charge in [0.25, 0.3) is 11.7 Å². The van der Waals surface area contributed by atoms with Gasteiger partial charge >= 0.3 is 0 Å². The van der Waals surface area contributed by atoms with Gasteiger partial charge in [-0.05, 0) is 67.0 Å². The number of aliphatic hydroxyl groups excluding tert-OH is 1. The predicted molar refractivity (Wildman–Crippen MR) is 158 cm³/mol. The van der Waals surface area contributed by atoms with E-state index in [-0.39, 0.29) is 11.3 Å². The largest absolute Gasteiger partial charge is 0.507 e. The molecule has 1 N–H and O–H groups in total. The highest BCUT2D eigenvalue weighted by molar-refractivity contribution is 6.46. The lowest BCUT2D eigenvalue weighted by molar-refractivity contribution is -0.140. The number of methoxy groups -OCH3 is 2. The number of ketones is 1. The number of likely N-dealkylation sites (N-methyl/N-ethyl adjacent to an activating group) is 1. The maximum absolute atomic E-state index is 13.5. The molecule has 1 atom stereocenters. The molecule has 0 unspecified atom stereocenters. The minimum Gasteiger partial charge on any atom is -0.507 e. The lowest BCUT2D eigenvalue weighted by atomic mass is 9.94. The van der Waals surface area contributed by atoms with Crippen molar-refractivity contribution < 1.29 is 28.9 Å². The van der Waals surface area contributed by atoms with Gasteiger partial charge in [0.2, 0.25) is 0 Å². The van der Waals surface area contributed by atoms with Crippen molar-refractivity contribution in [1.29, 1.82) is 0 Å². The van der Waals surface area contributed by atoms with Crippen molar-refractivity contribution in [2.75, 3.05) is 40.4 Å². The molecule has 41 heavy (non-hydrogen) atoms. The normalized spacial score (nSPS) is 16.3. The molecule has 0 aliphatic carbocycles. The molecule has 3 aromatic carbocycles. The maximum Gasteiger partial charge on any atom is 0.295 e. The lowest BCUT2D eigenvalue weighted by Gasteiger charge is -2.28. The van der Waals surface area contributed by atoms with E-state index in [1.54, 1.807) is 43.5 Å². The van der Waals surface area contributed by atoms with Crippen LogP contribution in [-0.4, -0.2) is 67.0 Å². The molecule has 216 valence electrons. The van der Waals surface area contributed by atoms with E-state index in [2.05, 4.69) is 18.7 Å². The van der Waals surface area contributed by atoms with Gasteiger partial charge in [0.15, 0.2) is 11.5 Å². The van der Waals surface area contributed by atoms with Crippen LogP contribution in [0.2, 0.25) is 0 Å². The summed E-state index contributed by atoms with van der Waals surface area (Å²) in [6.07, 6.45) is 0. The van der Waals surface area contributed by atoms with E-state index in [4.69, 9.17) is 14.2 Å². The number of hydrogen-bond donors (Lipinski definition) is 1. The zero-order valence-corrected chi connectivity index (χ0v) is 24.3. The van der Waals surface area contributed by atoms with Gasteiger partial charge in [-0.3, -0.25) is 9.59 Å². The van der Waals surface area contributed by atoms with Gasteiger partial charge in [-0.25, -0.2) is 0 Å². The van der Waals surface area contributed by atoms with Gasteiger partial charge in [-0.2, -0.15) is 0 Å². The fourth-order valence-corrected chi connectivity index (χ4v) is 5.12. The van der Waals surface area contributed by atoms with Gasteiger partial charge in [0.05, 0.1) is 25.8 Å². The van der Waals surface area contributed by atoms with Crippen LogP contribution in [0.15, 0.2) is 72.3 Å². The zero-order chi connectivity index (χ0) is 29.5. The van der Waals surface area contributed by atoms with Crippen LogP contribution < -0.4 is 14.2 Å². The average Bonchev–Trinajstić information content (AvgIpc) is 3.25. The molecule has 3 aromatic rings. The van der Waals surface area contributed by atoms with E-state index in [1.807, 2.05) is 37.3 Å². The number of aliphatic hydroxyl groups is 1. The fraction of sp³-hybridized carbons (Fsp3) is 0.333. The zero-order valence-electron chi connectivity index (χ0n) is 24.3. The molecule has 0 saturated carbocycles. The molecule has 8 nitrogen and oxygen atoms in total. The van der Waals surface area contributed by atoms with Gasteiger partial charge in [0.1, 0.15) is 18.1 Å². The summed E-state index contributed by atoms with van der Waals surface area (Å²) in [5.41, 5.74) is 2.95. The van der Waals surface area contributed by atoms with Crippen molar-refractivity contribution in [3.63, 3.8) is 0 Å². The second-order valence-electron chi connectivity index (χ2n) is 9.89. The molecule has 1 aliphatic rings. The molecule has 1 aliphatic heterocycles. The first-order valence-electron chi connectivity index (χ1n) is 13.8. The minimum absolute atomic E-state index is 0.0409. The summed E-state index contributed by atoms with van der Waals surface area (Å²) in [7, 11) is 3.08. The molecule has 0 aromatic heterocycles. The molecule has 4 rings (SSSR count). The van der Waals surface area contributed by atoms with Gasteiger partial charge in [0, 0.05) is 18.7 Å². The van der Waals surface area contributed by atoms with E-state index < -0.39 is 17.7 Å². The maximum atomic E-state index is 13.5. The summed E-state index contributed by atoms with van der Waals surface area (Å²) in [6, 6.07) is 19.6. The minimum atomic E-state index is -0.792. The first-order valence-corrected chi connectivity index (χ1v) is 13.8. The van der Waals surface area contributed by atoms with E-state index in [1.165, 1.54) is 12.0 Å². The van der Waals surface area contributed by atoms with Crippen molar-refractivity contribution in [3.8, 4) is 17.2 Å². The number of ether oxygens (including phenoxy) is 3. The highest BCUT2D eigenvalue weighted by atomic mass is 16.5. The molecule has 1 amide bonds. The molecule has 8 heteroatoms. The molecule has 0 spiro atoms. The Hall–Kier alpha value is -4.30. The second-order valence-corrected chi connectivity index (χ2v) is 9.89. The lowest BCUT2D eigenvalue weighted by Crippen LogP contribution is -2.38. The molecular formula is C33H38N2O6. The number of carbonyl (C=O) groups is 2. The summed E-state index contributed by atoms with van der Waals surface area (Å²) in [6.45, 7) is 8.95. The number of carbonyl (C=O) groups excluding carboxylic acids is 2. The summed E-state index contributed by atoms with van der Waals surface area (Å²) in [4.78, 5) is 30.6.